The van der Waals surface area contributed by atoms with Crippen LogP contribution in [0.1, 0.15) is 5.69 Å². The van der Waals surface area contributed by atoms with Crippen molar-refractivity contribution >= 4 is 22.3 Å². The van der Waals surface area contributed by atoms with Gasteiger partial charge in [0.1, 0.15) is 5.82 Å². The predicted octanol–water partition coefficient (Wildman–Crippen LogP) is 3.29. The van der Waals surface area contributed by atoms with Crippen LogP contribution < -0.4 is 16.2 Å². The standard InChI is InChI=1S/C25H26N6O/c1-16-23(31-11-9-30(2)10-12-31)6-5-22(29-16)19-14-21(24(26)28-15-19)17-3-4-20-18(13-17)7-8-27-25(20)32/h3-8,13-15H,9-12H2,1-2H3,(H2,26,28)(H,27,32). The molecule has 0 unspecified atom stereocenters. The Hall–Kier alpha value is -3.71. The molecule has 1 fully saturated rings. The maximum absolute atomic E-state index is 12.0. The van der Waals surface area contributed by atoms with E-state index in [-0.39, 0.29) is 5.56 Å². The van der Waals surface area contributed by atoms with Gasteiger partial charge in [0.25, 0.3) is 5.56 Å². The smallest absolute Gasteiger partial charge is 0.255 e. The largest absolute Gasteiger partial charge is 0.383 e. The van der Waals surface area contributed by atoms with Crippen LogP contribution in [0.15, 0.2) is 59.7 Å². The summed E-state index contributed by atoms with van der Waals surface area (Å²) in [5.74, 6) is 0.448. The molecule has 162 valence electrons. The molecular weight excluding hydrogens is 400 g/mol. The highest BCUT2D eigenvalue weighted by atomic mass is 16.1. The number of aryl methyl sites for hydroxylation is 1. The van der Waals surface area contributed by atoms with E-state index in [0.717, 1.165) is 59.6 Å². The van der Waals surface area contributed by atoms with E-state index in [0.29, 0.717) is 11.2 Å². The van der Waals surface area contributed by atoms with Crippen LogP contribution in [0.4, 0.5) is 11.5 Å². The van der Waals surface area contributed by atoms with Crippen molar-refractivity contribution in [2.75, 3.05) is 43.9 Å². The number of piperazine rings is 1. The molecule has 7 heteroatoms. The molecule has 0 amide bonds. The molecular formula is C25H26N6O. The normalized spacial score (nSPS) is 14.8. The van der Waals surface area contributed by atoms with Crippen molar-refractivity contribution < 1.29 is 0 Å². The van der Waals surface area contributed by atoms with Crippen molar-refractivity contribution in [3.63, 3.8) is 0 Å². The van der Waals surface area contributed by atoms with Gasteiger partial charge in [0, 0.05) is 55.1 Å². The predicted molar refractivity (Wildman–Crippen MR) is 130 cm³/mol. The number of benzene rings is 1. The first kappa shape index (κ1) is 20.2. The molecule has 32 heavy (non-hydrogen) atoms. The molecule has 0 bridgehead atoms. The lowest BCUT2D eigenvalue weighted by molar-refractivity contribution is 0.312. The quantitative estimate of drug-likeness (QED) is 0.522. The number of anilines is 2. The molecule has 4 heterocycles. The van der Waals surface area contributed by atoms with E-state index in [1.165, 1.54) is 5.69 Å². The molecule has 3 N–H and O–H groups in total. The first-order valence-electron chi connectivity index (χ1n) is 10.8. The van der Waals surface area contributed by atoms with Gasteiger partial charge in [-0.2, -0.15) is 0 Å². The van der Waals surface area contributed by atoms with E-state index in [9.17, 15) is 4.79 Å². The summed E-state index contributed by atoms with van der Waals surface area (Å²) in [5, 5.41) is 1.51. The highest BCUT2D eigenvalue weighted by molar-refractivity contribution is 5.89. The minimum absolute atomic E-state index is 0.103. The summed E-state index contributed by atoms with van der Waals surface area (Å²) < 4.78 is 0. The summed E-state index contributed by atoms with van der Waals surface area (Å²) in [7, 11) is 2.16. The second-order valence-electron chi connectivity index (χ2n) is 8.36. The van der Waals surface area contributed by atoms with Crippen molar-refractivity contribution in [2.45, 2.75) is 6.92 Å². The molecule has 0 radical (unpaired) electrons. The summed E-state index contributed by atoms with van der Waals surface area (Å²) in [5.41, 5.74) is 11.8. The zero-order valence-electron chi connectivity index (χ0n) is 18.3. The number of aromatic amines is 1. The molecule has 1 aliphatic rings. The van der Waals surface area contributed by atoms with Gasteiger partial charge in [0.15, 0.2) is 0 Å². The van der Waals surface area contributed by atoms with E-state index < -0.39 is 0 Å². The van der Waals surface area contributed by atoms with E-state index >= 15 is 0 Å². The zero-order chi connectivity index (χ0) is 22.2. The SMILES string of the molecule is Cc1nc(-c2cnc(N)c(-c3ccc4c(=O)[nH]ccc4c3)c2)ccc1N1CCN(C)CC1. The number of rotatable bonds is 3. The van der Waals surface area contributed by atoms with Gasteiger partial charge in [0.2, 0.25) is 0 Å². The minimum atomic E-state index is -0.103. The van der Waals surface area contributed by atoms with Gasteiger partial charge in [-0.25, -0.2) is 4.98 Å². The lowest BCUT2D eigenvalue weighted by atomic mass is 10.0. The van der Waals surface area contributed by atoms with Gasteiger partial charge < -0.3 is 20.5 Å². The fourth-order valence-electron chi connectivity index (χ4n) is 4.30. The maximum atomic E-state index is 12.0. The van der Waals surface area contributed by atoms with Crippen LogP contribution in [0.5, 0.6) is 0 Å². The van der Waals surface area contributed by atoms with E-state index in [1.807, 2.05) is 30.3 Å². The van der Waals surface area contributed by atoms with Gasteiger partial charge >= 0.3 is 0 Å². The first-order chi connectivity index (χ1) is 15.5. The van der Waals surface area contributed by atoms with E-state index in [1.54, 1.807) is 12.4 Å². The molecule has 1 saturated heterocycles. The van der Waals surface area contributed by atoms with Crippen LogP contribution >= 0.6 is 0 Å². The molecule has 0 atom stereocenters. The number of H-pyrrole nitrogens is 1. The molecule has 3 aromatic heterocycles. The second kappa shape index (κ2) is 8.09. The lowest BCUT2D eigenvalue weighted by Crippen LogP contribution is -2.44. The average molecular weight is 427 g/mol. The lowest BCUT2D eigenvalue weighted by Gasteiger charge is -2.34. The third kappa shape index (κ3) is 3.71. The van der Waals surface area contributed by atoms with Crippen LogP contribution in [-0.2, 0) is 0 Å². The topological polar surface area (TPSA) is 91.1 Å². The number of likely N-dealkylation sites (N-methyl/N-ethyl adjacent to an activating group) is 1. The summed E-state index contributed by atoms with van der Waals surface area (Å²) in [4.78, 5) is 28.8. The Labute approximate surface area is 186 Å². The Bertz CT molecular complexity index is 1350. The molecule has 4 aromatic rings. The van der Waals surface area contributed by atoms with Crippen LogP contribution in [-0.4, -0.2) is 53.1 Å². The molecule has 1 aliphatic heterocycles. The number of nitrogens with two attached hydrogens (primary N) is 1. The van der Waals surface area contributed by atoms with Gasteiger partial charge in [0.05, 0.1) is 17.1 Å². The Morgan fingerprint density at radius 2 is 1.81 bits per heavy atom. The van der Waals surface area contributed by atoms with Gasteiger partial charge in [-0.3, -0.25) is 9.78 Å². The van der Waals surface area contributed by atoms with E-state index in [2.05, 4.69) is 45.9 Å². The number of hydrogen-bond acceptors (Lipinski definition) is 6. The van der Waals surface area contributed by atoms with E-state index in [4.69, 9.17) is 10.7 Å². The fraction of sp³-hybridized carbons (Fsp3) is 0.240. The Kier molecular flexibility index (Phi) is 5.11. The van der Waals surface area contributed by atoms with Crippen molar-refractivity contribution in [3.8, 4) is 22.4 Å². The second-order valence-corrected chi connectivity index (χ2v) is 8.36. The third-order valence-electron chi connectivity index (χ3n) is 6.20. The van der Waals surface area contributed by atoms with Gasteiger partial charge in [-0.1, -0.05) is 6.07 Å². The number of hydrogen-bond donors (Lipinski definition) is 2. The van der Waals surface area contributed by atoms with Crippen molar-refractivity contribution in [2.24, 2.45) is 0 Å². The molecule has 5 rings (SSSR count). The maximum Gasteiger partial charge on any atom is 0.255 e. The number of nitrogens with one attached hydrogen (secondary N) is 1. The van der Waals surface area contributed by atoms with Crippen molar-refractivity contribution in [1.82, 2.24) is 19.9 Å². The molecule has 0 aliphatic carbocycles. The molecule has 7 nitrogen and oxygen atoms in total. The number of nitrogen functional groups attached to an aromatic ring is 1. The minimum Gasteiger partial charge on any atom is -0.383 e. The number of pyridine rings is 3. The molecule has 0 spiro atoms. The zero-order valence-corrected chi connectivity index (χ0v) is 18.3. The fourth-order valence-corrected chi connectivity index (χ4v) is 4.30. The van der Waals surface area contributed by atoms with Crippen molar-refractivity contribution in [1.29, 1.82) is 0 Å². The third-order valence-corrected chi connectivity index (χ3v) is 6.20. The van der Waals surface area contributed by atoms with Crippen LogP contribution in [0.25, 0.3) is 33.2 Å². The molecule has 1 aromatic carbocycles. The highest BCUT2D eigenvalue weighted by Crippen LogP contribution is 2.31. The Balaban J connectivity index is 1.50. The van der Waals surface area contributed by atoms with Gasteiger partial charge in [-0.15, -0.1) is 0 Å². The number of aromatic nitrogens is 3. The average Bonchev–Trinajstić information content (AvgIpc) is 2.80. The summed E-state index contributed by atoms with van der Waals surface area (Å²) in [6, 6.07) is 13.8. The summed E-state index contributed by atoms with van der Waals surface area (Å²) >= 11 is 0. The van der Waals surface area contributed by atoms with Crippen molar-refractivity contribution in [3.05, 3.63) is 70.9 Å². The highest BCUT2D eigenvalue weighted by Gasteiger charge is 2.17. The monoisotopic (exact) mass is 426 g/mol. The Morgan fingerprint density at radius 1 is 1.00 bits per heavy atom. The number of fused-ring (bicyclic) bond motifs is 1. The summed E-state index contributed by atoms with van der Waals surface area (Å²) in [6.45, 7) is 6.20. The van der Waals surface area contributed by atoms with Crippen LogP contribution in [0.2, 0.25) is 0 Å². The summed E-state index contributed by atoms with van der Waals surface area (Å²) in [6.07, 6.45) is 3.42. The Morgan fingerprint density at radius 3 is 2.59 bits per heavy atom. The molecule has 0 saturated carbocycles. The number of nitrogens with zero attached hydrogens (tertiary/aromatic N) is 4. The first-order valence-corrected chi connectivity index (χ1v) is 10.8. The van der Waals surface area contributed by atoms with Crippen LogP contribution in [0.3, 0.4) is 0 Å². The van der Waals surface area contributed by atoms with Crippen LogP contribution in [0, 0.1) is 6.92 Å². The van der Waals surface area contributed by atoms with Gasteiger partial charge in [-0.05, 0) is 61.3 Å².